The Morgan fingerprint density at radius 1 is 1.11 bits per heavy atom. The van der Waals surface area contributed by atoms with Gasteiger partial charge in [0.25, 0.3) is 5.91 Å². The molecule has 8 nitrogen and oxygen atoms in total. The van der Waals surface area contributed by atoms with Gasteiger partial charge in [0.05, 0.1) is 37.3 Å². The Morgan fingerprint density at radius 2 is 1.94 bits per heavy atom. The zero-order valence-corrected chi connectivity index (χ0v) is 20.7. The second kappa shape index (κ2) is 11.0. The minimum Gasteiger partial charge on any atom is -0.488 e. The van der Waals surface area contributed by atoms with Gasteiger partial charge in [0.1, 0.15) is 18.9 Å². The van der Waals surface area contributed by atoms with Crippen molar-refractivity contribution in [2.75, 3.05) is 39.3 Å². The van der Waals surface area contributed by atoms with E-state index < -0.39 is 0 Å². The molecule has 1 fully saturated rings. The van der Waals surface area contributed by atoms with Crippen molar-refractivity contribution in [3.05, 3.63) is 59.2 Å². The average molecular weight is 493 g/mol. The minimum absolute atomic E-state index is 0.0724. The van der Waals surface area contributed by atoms with Crippen molar-refractivity contribution in [1.82, 2.24) is 19.9 Å². The molecule has 1 saturated heterocycles. The van der Waals surface area contributed by atoms with Crippen LogP contribution in [0, 0.1) is 0 Å². The van der Waals surface area contributed by atoms with Crippen LogP contribution in [-0.2, 0) is 0 Å². The summed E-state index contributed by atoms with van der Waals surface area (Å²) in [5.74, 6) is 0.824. The Morgan fingerprint density at radius 3 is 2.74 bits per heavy atom. The standard InChI is InChI=1S/C26H30N6O2S/c27-8-9-28-26(33)24-14-20(18-35-24)23-16-30-32-17-21(15-29-25(23)32)19-4-6-22(7-5-19)34-13-12-31-10-2-1-3-11-31/h4-7,14-18H,1-3,8-13,27H2,(H,28,33)/p+2. The van der Waals surface area contributed by atoms with Crippen molar-refractivity contribution in [3.8, 4) is 28.0 Å². The minimum atomic E-state index is -0.0724. The lowest BCUT2D eigenvalue weighted by atomic mass is 10.1. The van der Waals surface area contributed by atoms with E-state index in [1.807, 2.05) is 36.0 Å². The number of piperidine rings is 1. The topological polar surface area (TPSA) is 101 Å². The van der Waals surface area contributed by atoms with E-state index in [-0.39, 0.29) is 5.91 Å². The molecule has 1 aliphatic rings. The monoisotopic (exact) mass is 492 g/mol. The summed E-state index contributed by atoms with van der Waals surface area (Å²) in [7, 11) is 0. The summed E-state index contributed by atoms with van der Waals surface area (Å²) in [6.07, 6.45) is 9.69. The smallest absolute Gasteiger partial charge is 0.261 e. The maximum absolute atomic E-state index is 12.2. The van der Waals surface area contributed by atoms with Crippen LogP contribution in [0.3, 0.4) is 0 Å². The number of fused-ring (bicyclic) bond motifs is 1. The summed E-state index contributed by atoms with van der Waals surface area (Å²) in [6.45, 7) is 5.59. The van der Waals surface area contributed by atoms with Crippen LogP contribution in [0.25, 0.3) is 27.9 Å². The van der Waals surface area contributed by atoms with Crippen LogP contribution in [0.1, 0.15) is 28.9 Å². The molecule has 0 atom stereocenters. The van der Waals surface area contributed by atoms with Gasteiger partial charge >= 0.3 is 0 Å². The number of hydrogen-bond donors (Lipinski definition) is 3. The fourth-order valence-corrected chi connectivity index (χ4v) is 5.29. The molecule has 0 saturated carbocycles. The number of rotatable bonds is 9. The van der Waals surface area contributed by atoms with Gasteiger partial charge in [0.15, 0.2) is 5.65 Å². The number of nitrogens with zero attached hydrogens (tertiary/aromatic N) is 3. The molecule has 5 N–H and O–H groups in total. The second-order valence-electron chi connectivity index (χ2n) is 8.91. The first kappa shape index (κ1) is 23.5. The molecule has 9 heteroatoms. The third kappa shape index (κ3) is 5.53. The summed E-state index contributed by atoms with van der Waals surface area (Å²) < 4.78 is 7.77. The number of aromatic nitrogens is 3. The molecule has 182 valence electrons. The summed E-state index contributed by atoms with van der Waals surface area (Å²) in [6, 6.07) is 10.1. The van der Waals surface area contributed by atoms with Crippen LogP contribution in [-0.4, -0.2) is 59.8 Å². The van der Waals surface area contributed by atoms with Crippen molar-refractivity contribution in [1.29, 1.82) is 0 Å². The Kier molecular flexibility index (Phi) is 7.37. The quantitative estimate of drug-likeness (QED) is 0.330. The van der Waals surface area contributed by atoms with Crippen LogP contribution in [0.2, 0.25) is 0 Å². The predicted molar refractivity (Wildman–Crippen MR) is 137 cm³/mol. The summed E-state index contributed by atoms with van der Waals surface area (Å²) in [4.78, 5) is 19.2. The summed E-state index contributed by atoms with van der Waals surface area (Å²) in [5, 5.41) is 9.34. The number of carbonyl (C=O) groups excluding carboxylic acids is 1. The fraction of sp³-hybridized carbons (Fsp3) is 0.346. The first-order valence-corrected chi connectivity index (χ1v) is 13.2. The lowest BCUT2D eigenvalue weighted by molar-refractivity contribution is -0.904. The van der Waals surface area contributed by atoms with Crippen LogP contribution < -0.4 is 20.7 Å². The second-order valence-corrected chi connectivity index (χ2v) is 9.82. The SMILES string of the molecule is [NH3+]CCNC(=O)c1cc(-c2cnn3cc(-c4ccc(OCC[NH+]5CCCCC5)cc4)cnc23)cs1. The zero-order valence-electron chi connectivity index (χ0n) is 19.8. The Bertz CT molecular complexity index is 1280. The third-order valence-electron chi connectivity index (χ3n) is 6.43. The predicted octanol–water partition coefficient (Wildman–Crippen LogP) is 1.54. The number of nitrogens with one attached hydrogen (secondary N) is 2. The third-order valence-corrected chi connectivity index (χ3v) is 7.35. The van der Waals surface area contributed by atoms with E-state index in [4.69, 9.17) is 4.74 Å². The molecule has 0 aliphatic carbocycles. The van der Waals surface area contributed by atoms with Crippen LogP contribution in [0.15, 0.2) is 54.3 Å². The maximum Gasteiger partial charge on any atom is 0.261 e. The number of hydrogen-bond acceptors (Lipinski definition) is 5. The van der Waals surface area contributed by atoms with Crippen molar-refractivity contribution in [2.24, 2.45) is 0 Å². The number of carbonyl (C=O) groups is 1. The molecule has 5 rings (SSSR count). The average Bonchev–Trinajstić information content (AvgIpc) is 3.55. The molecule has 35 heavy (non-hydrogen) atoms. The van der Waals surface area contributed by atoms with Crippen LogP contribution >= 0.6 is 11.3 Å². The van der Waals surface area contributed by atoms with E-state index >= 15 is 0 Å². The molecule has 1 aliphatic heterocycles. The molecule has 1 aromatic carbocycles. The molecule has 0 unspecified atom stereocenters. The van der Waals surface area contributed by atoms with Crippen LogP contribution in [0.4, 0.5) is 0 Å². The number of benzene rings is 1. The van der Waals surface area contributed by atoms with Gasteiger partial charge < -0.3 is 20.7 Å². The highest BCUT2D eigenvalue weighted by Crippen LogP contribution is 2.29. The van der Waals surface area contributed by atoms with E-state index in [9.17, 15) is 4.79 Å². The highest BCUT2D eigenvalue weighted by atomic mass is 32.1. The van der Waals surface area contributed by atoms with Gasteiger partial charge in [-0.2, -0.15) is 5.10 Å². The molecular weight excluding hydrogens is 460 g/mol. The molecule has 4 heterocycles. The molecular formula is C26H32N6O2S+2. The van der Waals surface area contributed by atoms with Crippen molar-refractivity contribution < 1.29 is 20.2 Å². The van der Waals surface area contributed by atoms with E-state index in [2.05, 4.69) is 33.3 Å². The molecule has 1 amide bonds. The number of quaternary nitrogens is 2. The lowest BCUT2D eigenvalue weighted by Gasteiger charge is -2.23. The molecule has 0 bridgehead atoms. The first-order chi connectivity index (χ1) is 17.2. The van der Waals surface area contributed by atoms with Gasteiger partial charge in [-0.3, -0.25) is 4.79 Å². The Labute approximate surface area is 208 Å². The van der Waals surface area contributed by atoms with E-state index in [0.717, 1.165) is 46.8 Å². The maximum atomic E-state index is 12.2. The van der Waals surface area contributed by atoms with Gasteiger partial charge in [-0.1, -0.05) is 12.1 Å². The summed E-state index contributed by atoms with van der Waals surface area (Å²) >= 11 is 1.42. The Hall–Kier alpha value is -3.27. The first-order valence-electron chi connectivity index (χ1n) is 12.3. The molecule has 0 radical (unpaired) electrons. The van der Waals surface area contributed by atoms with Gasteiger partial charge in [0.2, 0.25) is 0 Å². The zero-order chi connectivity index (χ0) is 24.0. The summed E-state index contributed by atoms with van der Waals surface area (Å²) in [5.41, 5.74) is 8.41. The fourth-order valence-electron chi connectivity index (χ4n) is 4.47. The molecule has 0 spiro atoms. The molecule has 3 aromatic heterocycles. The highest BCUT2D eigenvalue weighted by molar-refractivity contribution is 7.12. The Balaban J connectivity index is 1.25. The highest BCUT2D eigenvalue weighted by Gasteiger charge is 2.15. The normalized spacial score (nSPS) is 14.3. The van der Waals surface area contributed by atoms with Gasteiger partial charge in [0, 0.05) is 23.5 Å². The number of thiophene rings is 1. The van der Waals surface area contributed by atoms with E-state index in [0.29, 0.717) is 18.0 Å². The van der Waals surface area contributed by atoms with E-state index in [1.165, 1.54) is 43.7 Å². The molecule has 4 aromatic rings. The van der Waals surface area contributed by atoms with Crippen molar-refractivity contribution in [3.63, 3.8) is 0 Å². The van der Waals surface area contributed by atoms with Crippen molar-refractivity contribution in [2.45, 2.75) is 19.3 Å². The number of amides is 1. The van der Waals surface area contributed by atoms with Gasteiger partial charge in [-0.05, 0) is 54.0 Å². The lowest BCUT2D eigenvalue weighted by Crippen LogP contribution is -3.13. The van der Waals surface area contributed by atoms with Crippen LogP contribution in [0.5, 0.6) is 5.75 Å². The number of ether oxygens (including phenoxy) is 1. The number of likely N-dealkylation sites (tertiary alicyclic amines) is 1. The largest absolute Gasteiger partial charge is 0.488 e. The van der Waals surface area contributed by atoms with E-state index in [1.54, 1.807) is 15.6 Å². The van der Waals surface area contributed by atoms with Gasteiger partial charge in [-0.15, -0.1) is 11.3 Å². The van der Waals surface area contributed by atoms with Crippen molar-refractivity contribution >= 4 is 22.9 Å². The van der Waals surface area contributed by atoms with Gasteiger partial charge in [-0.25, -0.2) is 9.50 Å².